The van der Waals surface area contributed by atoms with E-state index in [2.05, 4.69) is 10.3 Å². The first-order valence-corrected chi connectivity index (χ1v) is 13.8. The van der Waals surface area contributed by atoms with Crippen molar-refractivity contribution < 1.29 is 17.9 Å². The normalized spacial score (nSPS) is 16.9. The molecule has 0 unspecified atom stereocenters. The lowest BCUT2D eigenvalue weighted by atomic mass is 9.97. The Morgan fingerprint density at radius 1 is 1.09 bits per heavy atom. The van der Waals surface area contributed by atoms with Crippen molar-refractivity contribution in [2.45, 2.75) is 37.0 Å². The van der Waals surface area contributed by atoms with Crippen molar-refractivity contribution >= 4 is 32.4 Å². The highest BCUT2D eigenvalue weighted by atomic mass is 32.2. The van der Waals surface area contributed by atoms with Crippen LogP contribution in [0.1, 0.15) is 30.4 Å². The van der Waals surface area contributed by atoms with Gasteiger partial charge in [0, 0.05) is 30.0 Å². The summed E-state index contributed by atoms with van der Waals surface area (Å²) < 4.78 is 33.0. The predicted molar refractivity (Wildman–Crippen MR) is 133 cm³/mol. The summed E-state index contributed by atoms with van der Waals surface area (Å²) in [6.45, 7) is 0.680. The van der Waals surface area contributed by atoms with E-state index in [1.54, 1.807) is 13.2 Å². The third-order valence-electron chi connectivity index (χ3n) is 6.65. The van der Waals surface area contributed by atoms with Gasteiger partial charge in [0.1, 0.15) is 5.75 Å². The molecule has 1 aliphatic heterocycles. The number of benzene rings is 2. The smallest absolute Gasteiger partial charge is 0.243 e. The second-order valence-corrected chi connectivity index (χ2v) is 11.5. The number of carbonyl (C=O) groups is 1. The molecule has 0 atom stereocenters. The van der Waals surface area contributed by atoms with Gasteiger partial charge in [-0.3, -0.25) is 4.79 Å². The minimum atomic E-state index is -3.54. The molecule has 0 bridgehead atoms. The molecule has 1 amide bonds. The maximum Gasteiger partial charge on any atom is 0.243 e. The van der Waals surface area contributed by atoms with Crippen molar-refractivity contribution in [3.63, 3.8) is 0 Å². The Morgan fingerprint density at radius 3 is 2.56 bits per heavy atom. The van der Waals surface area contributed by atoms with Gasteiger partial charge < -0.3 is 10.1 Å². The zero-order chi connectivity index (χ0) is 23.7. The Balaban J connectivity index is 1.19. The highest BCUT2D eigenvalue weighted by molar-refractivity contribution is 7.89. The highest BCUT2D eigenvalue weighted by Crippen LogP contribution is 2.30. The summed E-state index contributed by atoms with van der Waals surface area (Å²) in [5, 5.41) is 5.37. The number of nitrogens with one attached hydrogen (secondary N) is 1. The highest BCUT2D eigenvalue weighted by Gasteiger charge is 2.33. The number of anilines is 1. The van der Waals surface area contributed by atoms with E-state index < -0.39 is 10.0 Å². The molecule has 1 fully saturated rings. The van der Waals surface area contributed by atoms with Gasteiger partial charge in [-0.1, -0.05) is 6.07 Å². The summed E-state index contributed by atoms with van der Waals surface area (Å²) >= 11 is 1.38. The molecular formula is C25H27N3O4S2. The standard InChI is InChI=1S/C25H27N3O4S2/c1-32-21-8-5-18(6-9-21)23-16-33-25(26-23)27-24(29)19-11-13-28(14-12-19)34(30,31)22-10-7-17-3-2-4-20(17)15-22/h5-10,15-16,19H,2-4,11-14H2,1H3,(H,26,27,29). The number of aromatic nitrogens is 1. The van der Waals surface area contributed by atoms with Crippen LogP contribution in [0.15, 0.2) is 52.7 Å². The zero-order valence-electron chi connectivity index (χ0n) is 19.0. The van der Waals surface area contributed by atoms with Crippen molar-refractivity contribution in [3.05, 3.63) is 59.0 Å². The number of rotatable bonds is 6. The average molecular weight is 498 g/mol. The van der Waals surface area contributed by atoms with E-state index in [0.29, 0.717) is 36.0 Å². The van der Waals surface area contributed by atoms with Gasteiger partial charge in [-0.15, -0.1) is 11.3 Å². The molecule has 1 aromatic heterocycles. The Labute approximate surface area is 203 Å². The Kier molecular flexibility index (Phi) is 6.42. The number of carbonyl (C=O) groups excluding carboxylic acids is 1. The van der Waals surface area contributed by atoms with Crippen LogP contribution in [0.4, 0.5) is 5.13 Å². The van der Waals surface area contributed by atoms with Crippen molar-refractivity contribution in [1.82, 2.24) is 9.29 Å². The van der Waals surface area contributed by atoms with Gasteiger partial charge in [0.05, 0.1) is 17.7 Å². The molecule has 2 aromatic carbocycles. The van der Waals surface area contributed by atoms with Gasteiger partial charge in [-0.25, -0.2) is 13.4 Å². The van der Waals surface area contributed by atoms with Gasteiger partial charge in [-0.05, 0) is 79.6 Å². The maximum atomic E-state index is 13.1. The van der Waals surface area contributed by atoms with Gasteiger partial charge in [0.2, 0.25) is 15.9 Å². The fraction of sp³-hybridized carbons (Fsp3) is 0.360. The Morgan fingerprint density at radius 2 is 1.82 bits per heavy atom. The topological polar surface area (TPSA) is 88.6 Å². The molecule has 2 aliphatic rings. The molecule has 2 heterocycles. The number of thiazole rings is 1. The van der Waals surface area contributed by atoms with Crippen LogP contribution in [0, 0.1) is 5.92 Å². The quantitative estimate of drug-likeness (QED) is 0.547. The monoisotopic (exact) mass is 497 g/mol. The van der Waals surface area contributed by atoms with Gasteiger partial charge >= 0.3 is 0 Å². The third-order valence-corrected chi connectivity index (χ3v) is 9.30. The summed E-state index contributed by atoms with van der Waals surface area (Å²) in [4.78, 5) is 17.7. The Bertz CT molecular complexity index is 1290. The number of piperidine rings is 1. The fourth-order valence-corrected chi connectivity index (χ4v) is 6.89. The van der Waals surface area contributed by atoms with Crippen LogP contribution in [-0.2, 0) is 27.7 Å². The largest absolute Gasteiger partial charge is 0.497 e. The first kappa shape index (κ1) is 23.0. The molecule has 9 heteroatoms. The number of hydrogen-bond donors (Lipinski definition) is 1. The van der Waals surface area contributed by atoms with Crippen LogP contribution in [0.2, 0.25) is 0 Å². The van der Waals surface area contributed by atoms with E-state index >= 15 is 0 Å². The summed E-state index contributed by atoms with van der Waals surface area (Å²) in [6.07, 6.45) is 4.04. The van der Waals surface area contributed by atoms with Crippen LogP contribution in [-0.4, -0.2) is 43.8 Å². The van der Waals surface area contributed by atoms with Crippen LogP contribution in [0.5, 0.6) is 5.75 Å². The number of ether oxygens (including phenoxy) is 1. The number of aryl methyl sites for hydroxylation is 2. The van der Waals surface area contributed by atoms with Crippen molar-refractivity contribution in [1.29, 1.82) is 0 Å². The van der Waals surface area contributed by atoms with E-state index in [1.165, 1.54) is 21.2 Å². The molecule has 0 spiro atoms. The molecule has 1 N–H and O–H groups in total. The van der Waals surface area contributed by atoms with E-state index in [0.717, 1.165) is 41.8 Å². The SMILES string of the molecule is COc1ccc(-c2csc(NC(=O)C3CCN(S(=O)(=O)c4ccc5c(c4)CCC5)CC3)n2)cc1. The third kappa shape index (κ3) is 4.60. The zero-order valence-corrected chi connectivity index (χ0v) is 20.6. The van der Waals surface area contributed by atoms with E-state index in [1.807, 2.05) is 41.8 Å². The van der Waals surface area contributed by atoms with Gasteiger partial charge in [0.25, 0.3) is 0 Å². The van der Waals surface area contributed by atoms with E-state index in [-0.39, 0.29) is 11.8 Å². The first-order chi connectivity index (χ1) is 16.4. The number of fused-ring (bicyclic) bond motifs is 1. The minimum absolute atomic E-state index is 0.106. The lowest BCUT2D eigenvalue weighted by Gasteiger charge is -2.30. The Hall–Kier alpha value is -2.75. The van der Waals surface area contributed by atoms with Crippen molar-refractivity contribution in [2.75, 3.05) is 25.5 Å². The van der Waals surface area contributed by atoms with Gasteiger partial charge in [-0.2, -0.15) is 4.31 Å². The fourth-order valence-electron chi connectivity index (χ4n) is 4.65. The summed E-state index contributed by atoms with van der Waals surface area (Å²) in [5.41, 5.74) is 4.14. The molecule has 0 radical (unpaired) electrons. The number of hydrogen-bond acceptors (Lipinski definition) is 6. The van der Waals surface area contributed by atoms with Crippen molar-refractivity contribution in [2.24, 2.45) is 5.92 Å². The minimum Gasteiger partial charge on any atom is -0.497 e. The van der Waals surface area contributed by atoms with Crippen LogP contribution in [0.25, 0.3) is 11.3 Å². The summed E-state index contributed by atoms with van der Waals surface area (Å²) in [5.74, 6) is 0.432. The maximum absolute atomic E-state index is 13.1. The number of sulfonamides is 1. The number of amides is 1. The summed E-state index contributed by atoms with van der Waals surface area (Å²) in [7, 11) is -1.92. The van der Waals surface area contributed by atoms with E-state index in [9.17, 15) is 13.2 Å². The molecular weight excluding hydrogens is 470 g/mol. The second-order valence-electron chi connectivity index (χ2n) is 8.72. The molecule has 1 aliphatic carbocycles. The molecule has 7 nitrogen and oxygen atoms in total. The molecule has 34 heavy (non-hydrogen) atoms. The predicted octanol–water partition coefficient (Wildman–Crippen LogP) is 4.35. The van der Waals surface area contributed by atoms with Gasteiger partial charge in [0.15, 0.2) is 5.13 Å². The lowest BCUT2D eigenvalue weighted by molar-refractivity contribution is -0.120. The molecule has 1 saturated heterocycles. The molecule has 0 saturated carbocycles. The molecule has 3 aromatic rings. The molecule has 178 valence electrons. The van der Waals surface area contributed by atoms with E-state index in [4.69, 9.17) is 4.74 Å². The number of methoxy groups -OCH3 is 1. The summed E-state index contributed by atoms with van der Waals surface area (Å²) in [6, 6.07) is 13.1. The average Bonchev–Trinajstić information content (AvgIpc) is 3.53. The second kappa shape index (κ2) is 9.48. The van der Waals surface area contributed by atoms with Crippen LogP contribution >= 0.6 is 11.3 Å². The lowest BCUT2D eigenvalue weighted by Crippen LogP contribution is -2.41. The molecule has 5 rings (SSSR count). The first-order valence-electron chi connectivity index (χ1n) is 11.5. The van der Waals surface area contributed by atoms with Crippen LogP contribution in [0.3, 0.4) is 0 Å². The number of nitrogens with zero attached hydrogens (tertiary/aromatic N) is 2. The van der Waals surface area contributed by atoms with Crippen LogP contribution < -0.4 is 10.1 Å². The van der Waals surface area contributed by atoms with Crippen molar-refractivity contribution in [3.8, 4) is 17.0 Å².